The number of hydrogen-bond acceptors (Lipinski definition) is 2. The Labute approximate surface area is 178 Å². The summed E-state index contributed by atoms with van der Waals surface area (Å²) in [5.74, 6) is -0.170. The Morgan fingerprint density at radius 2 is 1.72 bits per heavy atom. The molecule has 1 N–H and O–H groups in total. The van der Waals surface area contributed by atoms with E-state index in [0.717, 1.165) is 30.4 Å². The molecule has 4 nitrogen and oxygen atoms in total. The number of nitrogens with one attached hydrogen (secondary N) is 1. The van der Waals surface area contributed by atoms with Crippen LogP contribution in [0.1, 0.15) is 56.6 Å². The summed E-state index contributed by atoms with van der Waals surface area (Å²) in [7, 11) is 0. The Hall–Kier alpha value is -2.33. The van der Waals surface area contributed by atoms with Crippen molar-refractivity contribution in [3.63, 3.8) is 0 Å². The highest BCUT2D eigenvalue weighted by molar-refractivity contribution is 6.30. The van der Waals surface area contributed by atoms with Gasteiger partial charge >= 0.3 is 6.03 Å². The molecule has 0 spiro atoms. The number of carbonyl (C=O) groups excluding carboxylic acids is 2. The fourth-order valence-corrected chi connectivity index (χ4v) is 4.16. The first-order chi connectivity index (χ1) is 14.1. The van der Waals surface area contributed by atoms with E-state index in [2.05, 4.69) is 12.2 Å². The van der Waals surface area contributed by atoms with E-state index < -0.39 is 5.54 Å². The number of halogens is 1. The van der Waals surface area contributed by atoms with Crippen molar-refractivity contribution in [1.29, 1.82) is 0 Å². The van der Waals surface area contributed by atoms with Crippen molar-refractivity contribution in [2.24, 2.45) is 0 Å². The van der Waals surface area contributed by atoms with Gasteiger partial charge in [-0.05, 0) is 36.1 Å². The van der Waals surface area contributed by atoms with Gasteiger partial charge < -0.3 is 5.32 Å². The maximum atomic E-state index is 13.5. The molecule has 1 aliphatic rings. The number of urea groups is 1. The summed E-state index contributed by atoms with van der Waals surface area (Å²) in [6, 6.07) is 16.9. The van der Waals surface area contributed by atoms with Crippen LogP contribution in [0.3, 0.4) is 0 Å². The van der Waals surface area contributed by atoms with Crippen molar-refractivity contribution in [2.45, 2.75) is 57.4 Å². The topological polar surface area (TPSA) is 49.4 Å². The number of rotatable bonds is 10. The van der Waals surface area contributed by atoms with E-state index in [0.29, 0.717) is 24.4 Å². The van der Waals surface area contributed by atoms with Gasteiger partial charge in [-0.3, -0.25) is 9.69 Å². The van der Waals surface area contributed by atoms with Gasteiger partial charge in [0, 0.05) is 11.6 Å². The molecule has 0 radical (unpaired) electrons. The minimum Gasteiger partial charge on any atom is -0.319 e. The van der Waals surface area contributed by atoms with E-state index in [9.17, 15) is 9.59 Å². The summed E-state index contributed by atoms with van der Waals surface area (Å²) in [6.07, 6.45) is 6.65. The average Bonchev–Trinajstić information content (AvgIpc) is 2.97. The van der Waals surface area contributed by atoms with Crippen molar-refractivity contribution in [3.8, 4) is 0 Å². The van der Waals surface area contributed by atoms with Gasteiger partial charge in [0.1, 0.15) is 5.54 Å². The highest BCUT2D eigenvalue weighted by atomic mass is 35.5. The molecule has 154 valence electrons. The molecule has 1 aliphatic heterocycles. The molecule has 0 aliphatic carbocycles. The lowest BCUT2D eigenvalue weighted by Crippen LogP contribution is -2.44. The summed E-state index contributed by atoms with van der Waals surface area (Å²) in [5.41, 5.74) is 0.846. The van der Waals surface area contributed by atoms with Gasteiger partial charge in [0.05, 0.1) is 0 Å². The molecule has 0 bridgehead atoms. The Balaban J connectivity index is 1.79. The highest BCUT2D eigenvalue weighted by Gasteiger charge is 2.51. The lowest BCUT2D eigenvalue weighted by atomic mass is 9.84. The van der Waals surface area contributed by atoms with Gasteiger partial charge in [0.2, 0.25) is 0 Å². The molecule has 1 fully saturated rings. The minimum absolute atomic E-state index is 0.170. The molecular formula is C24H29ClN2O2. The molecule has 2 aromatic carbocycles. The van der Waals surface area contributed by atoms with Crippen molar-refractivity contribution in [1.82, 2.24) is 10.2 Å². The lowest BCUT2D eigenvalue weighted by molar-refractivity contribution is -0.132. The SMILES string of the molecule is CCCCCCCC1(c2cccc(Cl)c2)NC(=O)N(CCc2ccccc2)C1=O. The van der Waals surface area contributed by atoms with Crippen LogP contribution in [0.5, 0.6) is 0 Å². The van der Waals surface area contributed by atoms with E-state index in [1.807, 2.05) is 42.5 Å². The predicted octanol–water partition coefficient (Wildman–Crippen LogP) is 5.69. The minimum atomic E-state index is -1.02. The monoisotopic (exact) mass is 412 g/mol. The third-order valence-electron chi connectivity index (χ3n) is 5.62. The van der Waals surface area contributed by atoms with Gasteiger partial charge in [-0.25, -0.2) is 4.79 Å². The van der Waals surface area contributed by atoms with Crippen LogP contribution in [0.15, 0.2) is 54.6 Å². The van der Waals surface area contributed by atoms with Crippen LogP contribution >= 0.6 is 11.6 Å². The summed E-state index contributed by atoms with van der Waals surface area (Å²) < 4.78 is 0. The fourth-order valence-electron chi connectivity index (χ4n) is 3.97. The number of hydrogen-bond donors (Lipinski definition) is 1. The van der Waals surface area contributed by atoms with Gasteiger partial charge in [-0.1, -0.05) is 93.1 Å². The van der Waals surface area contributed by atoms with Gasteiger partial charge in [-0.15, -0.1) is 0 Å². The van der Waals surface area contributed by atoms with Crippen molar-refractivity contribution >= 4 is 23.5 Å². The van der Waals surface area contributed by atoms with Crippen LogP contribution in [-0.4, -0.2) is 23.4 Å². The first-order valence-corrected chi connectivity index (χ1v) is 10.9. The molecule has 1 saturated heterocycles. The third kappa shape index (κ3) is 4.99. The maximum absolute atomic E-state index is 13.5. The Kier molecular flexibility index (Phi) is 7.32. The predicted molar refractivity (Wildman–Crippen MR) is 117 cm³/mol. The summed E-state index contributed by atoms with van der Waals surface area (Å²) >= 11 is 6.21. The smallest absolute Gasteiger partial charge is 0.319 e. The van der Waals surface area contributed by atoms with E-state index >= 15 is 0 Å². The fraction of sp³-hybridized carbons (Fsp3) is 0.417. The zero-order valence-electron chi connectivity index (χ0n) is 17.0. The number of amides is 3. The molecule has 0 aromatic heterocycles. The quantitative estimate of drug-likeness (QED) is 0.402. The van der Waals surface area contributed by atoms with Crippen molar-refractivity contribution < 1.29 is 9.59 Å². The number of unbranched alkanes of at least 4 members (excludes halogenated alkanes) is 4. The first-order valence-electron chi connectivity index (χ1n) is 10.5. The molecule has 3 rings (SSSR count). The van der Waals surface area contributed by atoms with Crippen LogP contribution < -0.4 is 5.32 Å². The maximum Gasteiger partial charge on any atom is 0.325 e. The number of carbonyl (C=O) groups is 2. The van der Waals surface area contributed by atoms with Crippen LogP contribution in [0, 0.1) is 0 Å². The standard InChI is InChI=1S/C24H29ClN2O2/c1-2-3-4-5-9-16-24(20-13-10-14-21(25)18-20)22(28)27(23(29)26-24)17-15-19-11-7-6-8-12-19/h6-8,10-14,18H,2-5,9,15-17H2,1H3,(H,26,29). The largest absolute Gasteiger partial charge is 0.325 e. The number of imide groups is 1. The Morgan fingerprint density at radius 1 is 0.966 bits per heavy atom. The van der Waals surface area contributed by atoms with Crippen LogP contribution in [0.25, 0.3) is 0 Å². The second-order valence-electron chi connectivity index (χ2n) is 7.70. The molecule has 0 saturated carbocycles. The van der Waals surface area contributed by atoms with E-state index in [-0.39, 0.29) is 11.9 Å². The summed E-state index contributed by atoms with van der Waals surface area (Å²) in [5, 5.41) is 3.58. The normalized spacial score (nSPS) is 18.9. The van der Waals surface area contributed by atoms with Crippen molar-refractivity contribution in [3.05, 3.63) is 70.7 Å². The van der Waals surface area contributed by atoms with Crippen LogP contribution in [0.4, 0.5) is 4.79 Å². The molecule has 1 heterocycles. The molecular weight excluding hydrogens is 384 g/mol. The molecule has 29 heavy (non-hydrogen) atoms. The third-order valence-corrected chi connectivity index (χ3v) is 5.85. The van der Waals surface area contributed by atoms with Gasteiger partial charge in [0.15, 0.2) is 0 Å². The van der Waals surface area contributed by atoms with Crippen molar-refractivity contribution in [2.75, 3.05) is 6.54 Å². The van der Waals surface area contributed by atoms with Crippen LogP contribution in [-0.2, 0) is 16.8 Å². The molecule has 1 atom stereocenters. The second-order valence-corrected chi connectivity index (χ2v) is 8.14. The lowest BCUT2D eigenvalue weighted by Gasteiger charge is -2.27. The van der Waals surface area contributed by atoms with E-state index in [1.54, 1.807) is 12.1 Å². The first kappa shape index (κ1) is 21.4. The zero-order valence-corrected chi connectivity index (χ0v) is 17.8. The highest BCUT2D eigenvalue weighted by Crippen LogP contribution is 2.35. The number of nitrogens with zero attached hydrogens (tertiary/aromatic N) is 1. The molecule has 5 heteroatoms. The average molecular weight is 413 g/mol. The van der Waals surface area contributed by atoms with Crippen LogP contribution in [0.2, 0.25) is 5.02 Å². The Morgan fingerprint density at radius 3 is 2.45 bits per heavy atom. The molecule has 3 amide bonds. The number of benzene rings is 2. The Bertz CT molecular complexity index is 840. The van der Waals surface area contributed by atoms with E-state index in [4.69, 9.17) is 11.6 Å². The summed E-state index contributed by atoms with van der Waals surface area (Å²) in [4.78, 5) is 27.6. The van der Waals surface area contributed by atoms with Gasteiger partial charge in [-0.2, -0.15) is 0 Å². The van der Waals surface area contributed by atoms with Gasteiger partial charge in [0.25, 0.3) is 5.91 Å². The van der Waals surface area contributed by atoms with E-state index in [1.165, 1.54) is 17.7 Å². The molecule has 2 aromatic rings. The zero-order chi connectivity index (χ0) is 20.7. The molecule has 1 unspecified atom stereocenters. The summed E-state index contributed by atoms with van der Waals surface area (Å²) in [6.45, 7) is 2.55. The second kappa shape index (κ2) is 9.93.